The van der Waals surface area contributed by atoms with Gasteiger partial charge in [0.15, 0.2) is 0 Å². The third-order valence-electron chi connectivity index (χ3n) is 4.48. The van der Waals surface area contributed by atoms with Gasteiger partial charge in [-0.1, -0.05) is 18.9 Å². The van der Waals surface area contributed by atoms with E-state index in [1.165, 1.54) is 38.5 Å². The summed E-state index contributed by atoms with van der Waals surface area (Å²) in [5.41, 5.74) is 1.31. The topological polar surface area (TPSA) is 49.3 Å². The average Bonchev–Trinajstić information content (AvgIpc) is 3.23. The minimum Gasteiger partial charge on any atom is -0.478 e. The first-order chi connectivity index (χ1) is 9.22. The van der Waals surface area contributed by atoms with E-state index in [1.807, 2.05) is 12.1 Å². The molecule has 2 unspecified atom stereocenters. The van der Waals surface area contributed by atoms with Crippen LogP contribution < -0.4 is 5.32 Å². The highest BCUT2D eigenvalue weighted by atomic mass is 16.4. The van der Waals surface area contributed by atoms with E-state index >= 15 is 0 Å². The Hall–Kier alpha value is -1.51. The van der Waals surface area contributed by atoms with Crippen LogP contribution in [0.15, 0.2) is 24.3 Å². The van der Waals surface area contributed by atoms with Crippen LogP contribution in [0.5, 0.6) is 0 Å². The first kappa shape index (κ1) is 12.5. The van der Waals surface area contributed by atoms with Crippen LogP contribution in [-0.2, 0) is 0 Å². The van der Waals surface area contributed by atoms with Gasteiger partial charge in [0.1, 0.15) is 0 Å². The molecule has 0 saturated heterocycles. The van der Waals surface area contributed by atoms with Crippen LogP contribution >= 0.6 is 0 Å². The lowest BCUT2D eigenvalue weighted by Gasteiger charge is -2.30. The number of hydrogen-bond acceptors (Lipinski definition) is 2. The Balaban J connectivity index is 1.63. The highest BCUT2D eigenvalue weighted by molar-refractivity contribution is 5.88. The molecular weight excluding hydrogens is 238 g/mol. The molecule has 3 rings (SSSR count). The maximum atomic E-state index is 11.0. The van der Waals surface area contributed by atoms with Crippen LogP contribution in [0, 0.1) is 11.8 Å². The second-order valence-electron chi connectivity index (χ2n) is 5.99. The number of aromatic carboxylic acids is 1. The van der Waals surface area contributed by atoms with Gasteiger partial charge in [-0.2, -0.15) is 0 Å². The predicted molar refractivity (Wildman–Crippen MR) is 75.5 cm³/mol. The van der Waals surface area contributed by atoms with Crippen LogP contribution in [0.2, 0.25) is 0 Å². The zero-order valence-corrected chi connectivity index (χ0v) is 11.1. The molecule has 0 heterocycles. The molecule has 0 amide bonds. The fourth-order valence-electron chi connectivity index (χ4n) is 3.33. The fourth-order valence-corrected chi connectivity index (χ4v) is 3.33. The monoisotopic (exact) mass is 259 g/mol. The normalized spacial score (nSPS) is 26.9. The summed E-state index contributed by atoms with van der Waals surface area (Å²) in [4.78, 5) is 11.0. The lowest BCUT2D eigenvalue weighted by Crippen LogP contribution is -2.28. The molecule has 19 heavy (non-hydrogen) atoms. The van der Waals surface area contributed by atoms with E-state index in [0.29, 0.717) is 11.6 Å². The molecule has 0 bridgehead atoms. The number of anilines is 1. The van der Waals surface area contributed by atoms with Crippen LogP contribution in [0.3, 0.4) is 0 Å². The predicted octanol–water partition coefficient (Wildman–Crippen LogP) is 3.77. The molecule has 0 spiro atoms. The van der Waals surface area contributed by atoms with Crippen molar-refractivity contribution in [3.05, 3.63) is 29.8 Å². The van der Waals surface area contributed by atoms with Crippen molar-refractivity contribution in [2.45, 2.75) is 44.6 Å². The molecule has 3 nitrogen and oxygen atoms in total. The lowest BCUT2D eigenvalue weighted by atomic mass is 9.82. The molecule has 1 aromatic carbocycles. The zero-order valence-electron chi connectivity index (χ0n) is 11.1. The van der Waals surface area contributed by atoms with E-state index in [9.17, 15) is 4.79 Å². The van der Waals surface area contributed by atoms with E-state index in [2.05, 4.69) is 5.32 Å². The molecule has 0 aromatic heterocycles. The molecule has 1 aromatic rings. The van der Waals surface area contributed by atoms with Crippen molar-refractivity contribution < 1.29 is 9.90 Å². The van der Waals surface area contributed by atoms with Gasteiger partial charge in [-0.3, -0.25) is 0 Å². The van der Waals surface area contributed by atoms with E-state index in [0.717, 1.165) is 17.5 Å². The van der Waals surface area contributed by atoms with Gasteiger partial charge in [0.05, 0.1) is 5.56 Å². The van der Waals surface area contributed by atoms with E-state index in [-0.39, 0.29) is 0 Å². The standard InChI is InChI=1S/C16H21NO2/c18-16(19)13-4-2-6-15(10-13)17-14-5-1-3-12(9-14)11-7-8-11/h2,4,6,10-12,14,17H,1,3,5,7-9H2,(H,18,19). The minimum absolute atomic E-state index is 0.361. The summed E-state index contributed by atoms with van der Waals surface area (Å²) < 4.78 is 0. The van der Waals surface area contributed by atoms with Crippen molar-refractivity contribution in [1.82, 2.24) is 0 Å². The number of benzene rings is 1. The molecule has 3 heteroatoms. The van der Waals surface area contributed by atoms with Gasteiger partial charge in [-0.05, 0) is 55.7 Å². The third kappa shape index (κ3) is 3.09. The second kappa shape index (κ2) is 5.24. The maximum Gasteiger partial charge on any atom is 0.335 e. The Labute approximate surface area is 114 Å². The molecule has 2 saturated carbocycles. The SMILES string of the molecule is O=C(O)c1cccc(NC2CCCC(C3CC3)C2)c1. The van der Waals surface area contributed by atoms with E-state index in [1.54, 1.807) is 12.1 Å². The molecule has 0 aliphatic heterocycles. The molecule has 102 valence electrons. The van der Waals surface area contributed by atoms with Gasteiger partial charge in [-0.25, -0.2) is 4.79 Å². The molecule has 2 fully saturated rings. The van der Waals surface area contributed by atoms with Crippen molar-refractivity contribution in [3.63, 3.8) is 0 Å². The summed E-state index contributed by atoms with van der Waals surface area (Å²) >= 11 is 0. The smallest absolute Gasteiger partial charge is 0.335 e. The van der Waals surface area contributed by atoms with Gasteiger partial charge in [0.2, 0.25) is 0 Å². The first-order valence-corrected chi connectivity index (χ1v) is 7.32. The molecule has 0 radical (unpaired) electrons. The maximum absolute atomic E-state index is 11.0. The van der Waals surface area contributed by atoms with Gasteiger partial charge < -0.3 is 10.4 Å². The Morgan fingerprint density at radius 1 is 1.16 bits per heavy atom. The van der Waals surface area contributed by atoms with Gasteiger partial charge in [0.25, 0.3) is 0 Å². The molecule has 2 atom stereocenters. The summed E-state index contributed by atoms with van der Waals surface area (Å²) in [7, 11) is 0. The fraction of sp³-hybridized carbons (Fsp3) is 0.562. The number of carbonyl (C=O) groups is 1. The molecule has 2 aliphatic carbocycles. The van der Waals surface area contributed by atoms with Crippen molar-refractivity contribution in [3.8, 4) is 0 Å². The molecule has 2 aliphatic rings. The lowest BCUT2D eigenvalue weighted by molar-refractivity contribution is 0.0697. The Morgan fingerprint density at radius 2 is 2.00 bits per heavy atom. The molecule has 2 N–H and O–H groups in total. The van der Waals surface area contributed by atoms with Crippen LogP contribution in [0.1, 0.15) is 48.9 Å². The number of carboxylic acid groups (broad SMARTS) is 1. The Kier molecular flexibility index (Phi) is 3.45. The quantitative estimate of drug-likeness (QED) is 0.865. The number of nitrogens with one attached hydrogen (secondary N) is 1. The largest absolute Gasteiger partial charge is 0.478 e. The Morgan fingerprint density at radius 3 is 2.74 bits per heavy atom. The summed E-state index contributed by atoms with van der Waals surface area (Å²) in [6, 6.07) is 7.67. The van der Waals surface area contributed by atoms with Crippen LogP contribution in [-0.4, -0.2) is 17.1 Å². The highest BCUT2D eigenvalue weighted by Crippen LogP contribution is 2.44. The van der Waals surface area contributed by atoms with E-state index in [4.69, 9.17) is 5.11 Å². The van der Waals surface area contributed by atoms with Crippen LogP contribution in [0.4, 0.5) is 5.69 Å². The van der Waals surface area contributed by atoms with Crippen molar-refractivity contribution in [2.24, 2.45) is 11.8 Å². The number of rotatable bonds is 4. The van der Waals surface area contributed by atoms with Crippen LogP contribution in [0.25, 0.3) is 0 Å². The average molecular weight is 259 g/mol. The first-order valence-electron chi connectivity index (χ1n) is 7.32. The third-order valence-corrected chi connectivity index (χ3v) is 4.48. The van der Waals surface area contributed by atoms with Gasteiger partial charge >= 0.3 is 5.97 Å². The summed E-state index contributed by atoms with van der Waals surface area (Å²) in [5, 5.41) is 12.5. The number of carboxylic acids is 1. The number of hydrogen-bond donors (Lipinski definition) is 2. The summed E-state index contributed by atoms with van der Waals surface area (Å²) in [6.07, 6.45) is 8.00. The highest BCUT2D eigenvalue weighted by Gasteiger charge is 2.34. The van der Waals surface area contributed by atoms with Gasteiger partial charge in [0, 0.05) is 11.7 Å². The van der Waals surface area contributed by atoms with Crippen molar-refractivity contribution >= 4 is 11.7 Å². The van der Waals surface area contributed by atoms with Crippen molar-refractivity contribution in [1.29, 1.82) is 0 Å². The van der Waals surface area contributed by atoms with Gasteiger partial charge in [-0.15, -0.1) is 0 Å². The van der Waals surface area contributed by atoms with Crippen molar-refractivity contribution in [2.75, 3.05) is 5.32 Å². The Bertz CT molecular complexity index is 468. The summed E-state index contributed by atoms with van der Waals surface area (Å²) in [5.74, 6) is 1.02. The second-order valence-corrected chi connectivity index (χ2v) is 5.99. The molecular formula is C16H21NO2. The summed E-state index contributed by atoms with van der Waals surface area (Å²) in [6.45, 7) is 0. The minimum atomic E-state index is -0.858. The zero-order chi connectivity index (χ0) is 13.2. The van der Waals surface area contributed by atoms with E-state index < -0.39 is 5.97 Å².